The first kappa shape index (κ1) is 33.4. The third-order valence-electron chi connectivity index (χ3n) is 0.611. The summed E-state index contributed by atoms with van der Waals surface area (Å²) in [5.41, 5.74) is 0. The Morgan fingerprint density at radius 2 is 0.933 bits per heavy atom. The van der Waals surface area contributed by atoms with Crippen molar-refractivity contribution in [2.75, 3.05) is 12.6 Å². The molecule has 0 heterocycles. The molecule has 0 aromatic heterocycles. The van der Waals surface area contributed by atoms with Gasteiger partial charge in [-0.25, -0.2) is 0 Å². The van der Waals surface area contributed by atoms with Crippen LogP contribution in [0.1, 0.15) is 0 Å². The molecule has 0 saturated carbocycles. The first-order valence-corrected chi connectivity index (χ1v) is 5.89. The maximum absolute atomic E-state index is 9.83. The Kier molecular flexibility index (Phi) is 38.2. The van der Waals surface area contributed by atoms with Crippen molar-refractivity contribution in [3.05, 3.63) is 0 Å². The van der Waals surface area contributed by atoms with Crippen molar-refractivity contribution in [1.29, 1.82) is 0 Å². The van der Waals surface area contributed by atoms with Gasteiger partial charge in [0, 0.05) is 12.6 Å². The standard InChI is InChI=1S/C2H9NO6P2.4K/c4-10(5,6)1-3-2-11(7,8)9;;;;/h3H,1-2H2,(H2,4,5,6)(H2,7,8,9);;;;/q;4*+1/p-4. The van der Waals surface area contributed by atoms with Crippen LogP contribution >= 0.6 is 15.2 Å². The van der Waals surface area contributed by atoms with Gasteiger partial charge in [-0.15, -0.1) is 0 Å². The molecule has 7 nitrogen and oxygen atoms in total. The molecular weight excluding hydrogens is 352 g/mol. The van der Waals surface area contributed by atoms with E-state index in [4.69, 9.17) is 0 Å². The Morgan fingerprint density at radius 1 is 0.733 bits per heavy atom. The van der Waals surface area contributed by atoms with Crippen LogP contribution in [0.25, 0.3) is 0 Å². The molecular formula is C2H5K4NO6P2. The second-order valence-corrected chi connectivity index (χ2v) is 4.86. The third kappa shape index (κ3) is 33.6. The molecule has 0 aliphatic carbocycles. The molecule has 0 amide bonds. The maximum Gasteiger partial charge on any atom is 1.00 e. The average Bonchev–Trinajstić information content (AvgIpc) is 1.55. The fourth-order valence-electron chi connectivity index (χ4n) is 0.324. The fourth-order valence-corrected chi connectivity index (χ4v) is 1.27. The van der Waals surface area contributed by atoms with Crippen LogP contribution in [-0.4, -0.2) is 12.6 Å². The van der Waals surface area contributed by atoms with Crippen LogP contribution in [-0.2, 0) is 9.13 Å². The second-order valence-electron chi connectivity index (χ2n) is 1.79. The van der Waals surface area contributed by atoms with Gasteiger partial charge in [0.15, 0.2) is 0 Å². The van der Waals surface area contributed by atoms with Crippen molar-refractivity contribution in [1.82, 2.24) is 5.32 Å². The Morgan fingerprint density at radius 3 is 1.07 bits per heavy atom. The summed E-state index contributed by atoms with van der Waals surface area (Å²) in [5.74, 6) is 0. The zero-order chi connectivity index (χ0) is 9.12. The zero-order valence-electron chi connectivity index (χ0n) is 9.26. The summed E-state index contributed by atoms with van der Waals surface area (Å²) in [6.07, 6.45) is -2.05. The van der Waals surface area contributed by atoms with E-state index in [0.29, 0.717) is 0 Å². The van der Waals surface area contributed by atoms with Crippen LogP contribution < -0.4 is 230 Å². The summed E-state index contributed by atoms with van der Waals surface area (Å²) >= 11 is 0. The van der Waals surface area contributed by atoms with Gasteiger partial charge in [0.2, 0.25) is 0 Å². The van der Waals surface area contributed by atoms with Gasteiger partial charge in [-0.1, -0.05) is 15.2 Å². The summed E-state index contributed by atoms with van der Waals surface area (Å²) in [5, 5.41) is 1.69. The zero-order valence-corrected chi connectivity index (χ0v) is 23.5. The van der Waals surface area contributed by atoms with Crippen LogP contribution in [0, 0.1) is 0 Å². The van der Waals surface area contributed by atoms with Gasteiger partial charge < -0.3 is 34.0 Å². The first-order chi connectivity index (χ1) is 4.71. The molecule has 0 rings (SSSR count). The Hall–Kier alpha value is 6.81. The molecule has 0 aromatic carbocycles. The SMILES string of the molecule is O=P([O-])([O-])CNCP(=O)([O-])[O-].[K+].[K+].[K+].[K+]. The van der Waals surface area contributed by atoms with Crippen molar-refractivity contribution in [3.63, 3.8) is 0 Å². The molecule has 1 N–H and O–H groups in total. The van der Waals surface area contributed by atoms with Gasteiger partial charge in [0.1, 0.15) is 0 Å². The topological polar surface area (TPSA) is 138 Å². The van der Waals surface area contributed by atoms with E-state index in [1.165, 1.54) is 0 Å². The van der Waals surface area contributed by atoms with Gasteiger partial charge in [-0.2, -0.15) is 0 Å². The van der Waals surface area contributed by atoms with Crippen molar-refractivity contribution in [2.45, 2.75) is 0 Å². The predicted molar refractivity (Wildman–Crippen MR) is 28.1 cm³/mol. The molecule has 0 saturated heterocycles. The molecule has 0 aromatic rings. The average molecular weight is 357 g/mol. The number of nitrogens with one attached hydrogen (secondary N) is 1. The maximum atomic E-state index is 9.83. The minimum Gasteiger partial charge on any atom is -0.810 e. The molecule has 0 bridgehead atoms. The van der Waals surface area contributed by atoms with Gasteiger partial charge >= 0.3 is 206 Å². The van der Waals surface area contributed by atoms with E-state index < -0.39 is 27.8 Å². The van der Waals surface area contributed by atoms with E-state index in [-0.39, 0.29) is 206 Å². The van der Waals surface area contributed by atoms with Gasteiger partial charge in [0.05, 0.1) is 0 Å². The monoisotopic (exact) mass is 357 g/mol. The molecule has 0 spiro atoms. The van der Waals surface area contributed by atoms with Crippen molar-refractivity contribution < 1.29 is 234 Å². The Bertz CT molecular complexity index is 193. The smallest absolute Gasteiger partial charge is 0.810 e. The van der Waals surface area contributed by atoms with Crippen LogP contribution in [0.2, 0.25) is 0 Å². The van der Waals surface area contributed by atoms with Crippen LogP contribution in [0.5, 0.6) is 0 Å². The van der Waals surface area contributed by atoms with Crippen molar-refractivity contribution in [2.24, 2.45) is 0 Å². The van der Waals surface area contributed by atoms with E-state index >= 15 is 0 Å². The minimum absolute atomic E-state index is 0. The molecule has 0 aliphatic heterocycles. The molecule has 0 fully saturated rings. The molecule has 0 aliphatic rings. The molecule has 0 atom stereocenters. The largest absolute Gasteiger partial charge is 1.00 e. The molecule has 0 unspecified atom stereocenters. The third-order valence-corrected chi connectivity index (χ3v) is 1.83. The second kappa shape index (κ2) is 17.2. The molecule has 13 heteroatoms. The molecule has 68 valence electrons. The van der Waals surface area contributed by atoms with E-state index in [0.717, 1.165) is 0 Å². The van der Waals surface area contributed by atoms with Gasteiger partial charge in [-0.05, 0) is 0 Å². The van der Waals surface area contributed by atoms with Crippen LogP contribution in [0.4, 0.5) is 0 Å². The number of hydrogen-bond acceptors (Lipinski definition) is 7. The number of hydrogen-bond donors (Lipinski definition) is 1. The summed E-state index contributed by atoms with van der Waals surface area (Å²) in [4.78, 5) is 39.3. The van der Waals surface area contributed by atoms with E-state index in [1.807, 2.05) is 0 Å². The quantitative estimate of drug-likeness (QED) is 0.389. The van der Waals surface area contributed by atoms with Crippen LogP contribution in [0.3, 0.4) is 0 Å². The number of rotatable bonds is 4. The van der Waals surface area contributed by atoms with Crippen molar-refractivity contribution in [3.8, 4) is 0 Å². The predicted octanol–water partition coefficient (Wildman–Crippen LogP) is -15.7. The van der Waals surface area contributed by atoms with E-state index in [1.54, 1.807) is 5.32 Å². The van der Waals surface area contributed by atoms with Gasteiger partial charge in [0.25, 0.3) is 0 Å². The molecule has 0 radical (unpaired) electrons. The first-order valence-electron chi connectivity index (χ1n) is 2.44. The Balaban J connectivity index is -0.0000000833. The van der Waals surface area contributed by atoms with Crippen LogP contribution in [0.15, 0.2) is 0 Å². The summed E-state index contributed by atoms with van der Waals surface area (Å²) in [7, 11) is -9.52. The minimum atomic E-state index is -4.76. The normalized spacial score (nSPS) is 9.87. The van der Waals surface area contributed by atoms with E-state index in [2.05, 4.69) is 0 Å². The molecule has 15 heavy (non-hydrogen) atoms. The Labute approximate surface area is 258 Å². The fraction of sp³-hybridized carbons (Fsp3) is 1.00. The van der Waals surface area contributed by atoms with Crippen molar-refractivity contribution >= 4 is 15.2 Å². The summed E-state index contributed by atoms with van der Waals surface area (Å²) in [6, 6.07) is 0. The summed E-state index contributed by atoms with van der Waals surface area (Å²) in [6.45, 7) is 0. The van der Waals surface area contributed by atoms with E-state index in [9.17, 15) is 28.7 Å². The van der Waals surface area contributed by atoms with Gasteiger partial charge in [-0.3, -0.25) is 0 Å². The summed E-state index contributed by atoms with van der Waals surface area (Å²) < 4.78 is 19.7.